The number of aliphatic hydroxyl groups is 1. The van der Waals surface area contributed by atoms with Crippen LogP contribution in [0.2, 0.25) is 0 Å². The number of carboxylic acids is 1. The van der Waals surface area contributed by atoms with Gasteiger partial charge in [0.15, 0.2) is 0 Å². The molecule has 4 unspecified atom stereocenters. The molecule has 0 aromatic heterocycles. The van der Waals surface area contributed by atoms with Crippen molar-refractivity contribution in [2.75, 3.05) is 118 Å². The summed E-state index contributed by atoms with van der Waals surface area (Å²) in [6.45, 7) is 38.4. The van der Waals surface area contributed by atoms with E-state index < -0.39 is 18.3 Å². The van der Waals surface area contributed by atoms with Crippen LogP contribution in [0.4, 0.5) is 9.59 Å². The van der Waals surface area contributed by atoms with Gasteiger partial charge in [-0.25, -0.2) is 9.59 Å². The first-order valence-corrected chi connectivity index (χ1v) is 50.9. The highest BCUT2D eigenvalue weighted by atomic mass is 16.7. The Bertz CT molecular complexity index is 2140. The fourth-order valence-electron chi connectivity index (χ4n) is 15.2. The molecular formula is C100H198N4O15. The fraction of sp³-hybridized carbons (Fsp3) is 0.940. The van der Waals surface area contributed by atoms with E-state index in [1.54, 1.807) is 0 Å². The molecule has 0 aliphatic rings. The quantitative estimate of drug-likeness (QED) is 0.0328. The standard InChI is InChI=1S/C50H98N2O7.C42H84N2O6.C8H16O2/c1-7-13-17-20-24-29-34-46(33-28-19-15-9-3)45-58-49(54)38-32-26-22-21-25-30-36-47(35-27-16-10-4)59-50(55)57-44-42-52(40-39-51(11-5)12-6)41-43-56-48(53)37-31-23-18-14-8-2;1-6-11-14-16-19-24-28-39(27-23-15-12-7-2)38-49-41(46)31-26-21-18-17-20-25-30-40(29-22-13-8-3)50-42(47)48-37-35-44(34-36-45)33-32-43(9-4)10-5;1-2-3-4-5-6-7-8(9)10/h46-47H,7-45H2,1-6H3;39-40,45H,6-38H2,1-5H3;2-7H2,1H3,(H,9,10). The van der Waals surface area contributed by atoms with Gasteiger partial charge >= 0.3 is 36.2 Å². The van der Waals surface area contributed by atoms with Gasteiger partial charge < -0.3 is 53.2 Å². The molecule has 0 aromatic carbocycles. The largest absolute Gasteiger partial charge is 0.508 e. The lowest BCUT2D eigenvalue weighted by atomic mass is 9.95. The maximum atomic E-state index is 12.8. The first-order valence-electron chi connectivity index (χ1n) is 50.9. The molecule has 0 saturated carbocycles. The number of rotatable bonds is 89. The molecule has 0 aromatic rings. The smallest absolute Gasteiger partial charge is 0.481 e. The van der Waals surface area contributed by atoms with Crippen molar-refractivity contribution in [3.05, 3.63) is 0 Å². The molecule has 19 heteroatoms. The van der Waals surface area contributed by atoms with Gasteiger partial charge in [0.2, 0.25) is 0 Å². The zero-order valence-electron chi connectivity index (χ0n) is 80.5. The summed E-state index contributed by atoms with van der Waals surface area (Å²) in [7, 11) is 0. The number of likely N-dealkylation sites (N-methyl/N-ethyl adjacent to an activating group) is 2. The van der Waals surface area contributed by atoms with Gasteiger partial charge in [0.25, 0.3) is 0 Å². The number of esters is 3. The van der Waals surface area contributed by atoms with Crippen molar-refractivity contribution < 1.29 is 72.1 Å². The van der Waals surface area contributed by atoms with Crippen LogP contribution >= 0.6 is 0 Å². The molecule has 0 aliphatic heterocycles. The minimum atomic E-state index is -0.670. The van der Waals surface area contributed by atoms with Gasteiger partial charge in [-0.1, -0.05) is 340 Å². The average molecular weight is 1700 g/mol. The van der Waals surface area contributed by atoms with Crippen molar-refractivity contribution in [1.82, 2.24) is 19.6 Å². The van der Waals surface area contributed by atoms with Crippen LogP contribution in [0.5, 0.6) is 0 Å². The molecule has 708 valence electrons. The van der Waals surface area contributed by atoms with Gasteiger partial charge in [0.05, 0.1) is 19.8 Å². The van der Waals surface area contributed by atoms with Gasteiger partial charge in [0, 0.05) is 78.0 Å². The second kappa shape index (κ2) is 96.4. The number of hydrogen-bond donors (Lipinski definition) is 2. The second-order valence-corrected chi connectivity index (χ2v) is 34.3. The first-order chi connectivity index (χ1) is 58.0. The molecule has 119 heavy (non-hydrogen) atoms. The maximum absolute atomic E-state index is 12.8. The van der Waals surface area contributed by atoms with E-state index in [9.17, 15) is 33.9 Å². The first kappa shape index (κ1) is 119. The van der Waals surface area contributed by atoms with Crippen molar-refractivity contribution in [3.8, 4) is 0 Å². The van der Waals surface area contributed by atoms with Gasteiger partial charge in [-0.3, -0.25) is 29.0 Å². The van der Waals surface area contributed by atoms with Crippen LogP contribution in [0, 0.1) is 11.8 Å². The number of hydrogen-bond acceptors (Lipinski definition) is 18. The van der Waals surface area contributed by atoms with Crippen LogP contribution in [0.25, 0.3) is 0 Å². The van der Waals surface area contributed by atoms with E-state index in [-0.39, 0.29) is 49.9 Å². The maximum Gasteiger partial charge on any atom is 0.508 e. The molecule has 0 aliphatic carbocycles. The van der Waals surface area contributed by atoms with E-state index in [2.05, 4.69) is 103 Å². The van der Waals surface area contributed by atoms with Crippen LogP contribution in [0.15, 0.2) is 0 Å². The van der Waals surface area contributed by atoms with Crippen LogP contribution in [0.1, 0.15) is 468 Å². The summed E-state index contributed by atoms with van der Waals surface area (Å²) in [4.78, 5) is 81.8. The molecule has 0 fully saturated rings. The highest BCUT2D eigenvalue weighted by Crippen LogP contribution is 2.24. The van der Waals surface area contributed by atoms with E-state index in [1.807, 2.05) is 0 Å². The minimum Gasteiger partial charge on any atom is -0.481 e. The summed E-state index contributed by atoms with van der Waals surface area (Å²) < 4.78 is 39.8. The Morgan fingerprint density at radius 1 is 0.244 bits per heavy atom. The Labute approximate surface area is 734 Å². The summed E-state index contributed by atoms with van der Waals surface area (Å²) in [6, 6.07) is 0. The lowest BCUT2D eigenvalue weighted by Crippen LogP contribution is -2.39. The number of carboxylic acid groups (broad SMARTS) is 1. The van der Waals surface area contributed by atoms with Gasteiger partial charge in [-0.05, 0) is 141 Å². The number of aliphatic hydroxyl groups excluding tert-OH is 1. The van der Waals surface area contributed by atoms with Crippen molar-refractivity contribution in [1.29, 1.82) is 0 Å². The predicted octanol–water partition coefficient (Wildman–Crippen LogP) is 26.8. The molecule has 0 radical (unpaired) electrons. The van der Waals surface area contributed by atoms with Crippen LogP contribution in [0.3, 0.4) is 0 Å². The summed E-state index contributed by atoms with van der Waals surface area (Å²) >= 11 is 0. The second-order valence-electron chi connectivity index (χ2n) is 34.3. The zero-order chi connectivity index (χ0) is 88.2. The zero-order valence-corrected chi connectivity index (χ0v) is 80.5. The molecule has 0 saturated heterocycles. The third-order valence-corrected chi connectivity index (χ3v) is 23.5. The van der Waals surface area contributed by atoms with Crippen molar-refractivity contribution in [3.63, 3.8) is 0 Å². The highest BCUT2D eigenvalue weighted by molar-refractivity contribution is 5.70. The number of carbonyl (C=O) groups excluding carboxylic acids is 5. The van der Waals surface area contributed by atoms with E-state index in [0.717, 1.165) is 219 Å². The molecule has 0 rings (SSSR count). The summed E-state index contributed by atoms with van der Waals surface area (Å²) in [5.41, 5.74) is 0. The van der Waals surface area contributed by atoms with Crippen LogP contribution < -0.4 is 0 Å². The monoisotopic (exact) mass is 1700 g/mol. The summed E-state index contributed by atoms with van der Waals surface area (Å²) in [6.07, 6.45) is 65.0. The van der Waals surface area contributed by atoms with Crippen molar-refractivity contribution in [2.45, 2.75) is 481 Å². The third kappa shape index (κ3) is 88.9. The van der Waals surface area contributed by atoms with Gasteiger partial charge in [-0.15, -0.1) is 0 Å². The lowest BCUT2D eigenvalue weighted by molar-refractivity contribution is -0.146. The number of nitrogens with zero attached hydrogens (tertiary/aromatic N) is 4. The van der Waals surface area contributed by atoms with Crippen LogP contribution in [-0.4, -0.2) is 196 Å². The summed E-state index contributed by atoms with van der Waals surface area (Å²) in [5, 5.41) is 17.7. The number of ether oxygens (including phenoxy) is 7. The molecular weight excluding hydrogens is 1500 g/mol. The number of unbranched alkanes of at least 4 members (excludes halogenated alkanes) is 38. The molecule has 0 bridgehead atoms. The minimum absolute atomic E-state index is 0.0220. The topological polar surface area (TPSA) is 220 Å². The third-order valence-electron chi connectivity index (χ3n) is 23.5. The Balaban J connectivity index is -0.00000204. The Morgan fingerprint density at radius 3 is 0.765 bits per heavy atom. The van der Waals surface area contributed by atoms with Crippen LogP contribution in [-0.2, 0) is 52.3 Å². The summed E-state index contributed by atoms with van der Waals surface area (Å²) in [5.74, 6) is 0.195. The molecule has 2 N–H and O–H groups in total. The molecule has 0 amide bonds. The number of carbonyl (C=O) groups is 6. The Hall–Kier alpha value is -3.78. The van der Waals surface area contributed by atoms with E-state index in [1.165, 1.54) is 193 Å². The van der Waals surface area contributed by atoms with Crippen molar-refractivity contribution in [2.24, 2.45) is 11.8 Å². The van der Waals surface area contributed by atoms with Gasteiger partial charge in [0.1, 0.15) is 32.0 Å². The molecule has 4 atom stereocenters. The molecule has 0 heterocycles. The predicted molar refractivity (Wildman–Crippen MR) is 498 cm³/mol. The van der Waals surface area contributed by atoms with Gasteiger partial charge in [-0.2, -0.15) is 0 Å². The normalized spacial score (nSPS) is 12.4. The average Bonchev–Trinajstić information content (AvgIpc) is 0.955. The SMILES string of the molecule is CCCCCCCC(=O)O.CCCCCCCCC(CCCCCC)COC(=O)CCCCCCCCC(CCCCC)OC(=O)OCCN(CCO)CCN(CC)CC.CCCCCCCCC(CCCCCC)COC(=O)CCCCCCCCC(CCCCC)OC(=O)OCCN(CCOC(=O)CCCCCCC)CCN(CC)CC. The molecule has 0 spiro atoms. The van der Waals surface area contributed by atoms with E-state index >= 15 is 0 Å². The fourth-order valence-corrected chi connectivity index (χ4v) is 15.2. The van der Waals surface area contributed by atoms with E-state index in [4.69, 9.17) is 38.3 Å². The highest BCUT2D eigenvalue weighted by Gasteiger charge is 2.21. The lowest BCUT2D eigenvalue weighted by Gasteiger charge is -2.26. The Kier molecular flexibility index (Phi) is 96.7. The number of aliphatic carboxylic acids is 1. The van der Waals surface area contributed by atoms with Crippen molar-refractivity contribution >= 4 is 36.2 Å². The van der Waals surface area contributed by atoms with E-state index in [0.29, 0.717) is 83.5 Å². The molecule has 19 nitrogen and oxygen atoms in total. The Morgan fingerprint density at radius 2 is 0.471 bits per heavy atom.